The zero-order chi connectivity index (χ0) is 20.8. The molecule has 0 spiro atoms. The first-order valence-electron chi connectivity index (χ1n) is 9.24. The van der Waals surface area contributed by atoms with Gasteiger partial charge in [0.15, 0.2) is 0 Å². The van der Waals surface area contributed by atoms with Gasteiger partial charge in [0.05, 0.1) is 11.3 Å². The number of fused-ring (bicyclic) bond motifs is 3. The third-order valence-electron chi connectivity index (χ3n) is 5.35. The van der Waals surface area contributed by atoms with Gasteiger partial charge >= 0.3 is 0 Å². The van der Waals surface area contributed by atoms with Gasteiger partial charge in [0.25, 0.3) is 11.8 Å². The Morgan fingerprint density at radius 2 is 1.69 bits per heavy atom. The number of anilines is 3. The molecule has 4 amide bonds. The van der Waals surface area contributed by atoms with Crippen LogP contribution in [0.1, 0.15) is 30.1 Å². The molecule has 8 nitrogen and oxygen atoms in total. The minimum atomic E-state index is -1.44. The van der Waals surface area contributed by atoms with Crippen molar-refractivity contribution in [1.82, 2.24) is 4.90 Å². The van der Waals surface area contributed by atoms with E-state index < -0.39 is 11.6 Å². The first kappa shape index (κ1) is 18.7. The smallest absolute Gasteiger partial charge is 0.271 e. The number of benzene rings is 2. The van der Waals surface area contributed by atoms with Crippen LogP contribution in [0.15, 0.2) is 48.5 Å². The van der Waals surface area contributed by atoms with E-state index in [9.17, 15) is 19.2 Å². The summed E-state index contributed by atoms with van der Waals surface area (Å²) in [6.45, 7) is 1.40. The first-order valence-corrected chi connectivity index (χ1v) is 9.24. The van der Waals surface area contributed by atoms with E-state index in [0.29, 0.717) is 22.6 Å². The van der Waals surface area contributed by atoms with Gasteiger partial charge in [-0.15, -0.1) is 0 Å². The summed E-state index contributed by atoms with van der Waals surface area (Å²) in [4.78, 5) is 53.2. The van der Waals surface area contributed by atoms with Crippen LogP contribution >= 0.6 is 0 Å². The fourth-order valence-corrected chi connectivity index (χ4v) is 4.04. The molecule has 148 valence electrons. The minimum Gasteiger partial charge on any atom is -0.326 e. The molecular weight excluding hydrogens is 372 g/mol. The topological polar surface area (TPSA) is 98.8 Å². The molecule has 2 aliphatic heterocycles. The Labute approximate surface area is 167 Å². The van der Waals surface area contributed by atoms with Gasteiger partial charge in [-0.1, -0.05) is 18.2 Å². The van der Waals surface area contributed by atoms with Crippen LogP contribution in [0.25, 0.3) is 0 Å². The molecule has 0 unspecified atom stereocenters. The fraction of sp³-hybridized carbons (Fsp3) is 0.238. The molecule has 1 fully saturated rings. The number of hydrogen-bond acceptors (Lipinski definition) is 4. The summed E-state index contributed by atoms with van der Waals surface area (Å²) in [5.74, 6) is -1.23. The normalized spacial score (nSPS) is 20.2. The third kappa shape index (κ3) is 2.84. The number of rotatable bonds is 3. The van der Waals surface area contributed by atoms with E-state index in [0.717, 1.165) is 0 Å². The molecule has 0 bridgehead atoms. The lowest BCUT2D eigenvalue weighted by atomic mass is 9.96. The van der Waals surface area contributed by atoms with Crippen molar-refractivity contribution in [2.75, 3.05) is 22.6 Å². The molecule has 2 heterocycles. The molecule has 0 aromatic heterocycles. The van der Waals surface area contributed by atoms with Gasteiger partial charge in [0.2, 0.25) is 17.5 Å². The zero-order valence-corrected chi connectivity index (χ0v) is 16.1. The number of carbonyl (C=O) groups excluding carboxylic acids is 4. The number of likely N-dealkylation sites (N-methyl/N-ethyl adjacent to an activating group) is 1. The quantitative estimate of drug-likeness (QED) is 0.836. The molecule has 0 radical (unpaired) electrons. The van der Waals surface area contributed by atoms with Crippen LogP contribution in [0.4, 0.5) is 17.1 Å². The molecule has 2 aromatic carbocycles. The van der Waals surface area contributed by atoms with Crippen molar-refractivity contribution in [1.29, 1.82) is 0 Å². The van der Waals surface area contributed by atoms with E-state index in [1.54, 1.807) is 48.5 Å². The van der Waals surface area contributed by atoms with E-state index in [1.165, 1.54) is 23.8 Å². The van der Waals surface area contributed by atoms with Crippen molar-refractivity contribution in [3.8, 4) is 0 Å². The van der Waals surface area contributed by atoms with Crippen LogP contribution < -0.4 is 15.5 Å². The molecule has 1 saturated heterocycles. The van der Waals surface area contributed by atoms with Crippen LogP contribution in [0.3, 0.4) is 0 Å². The van der Waals surface area contributed by atoms with E-state index in [-0.39, 0.29) is 30.6 Å². The molecule has 1 atom stereocenters. The third-order valence-corrected chi connectivity index (χ3v) is 5.35. The molecule has 2 N–H and O–H groups in total. The first-order chi connectivity index (χ1) is 13.8. The van der Waals surface area contributed by atoms with Crippen molar-refractivity contribution >= 4 is 40.7 Å². The highest BCUT2D eigenvalue weighted by atomic mass is 16.2. The van der Waals surface area contributed by atoms with E-state index in [2.05, 4.69) is 10.6 Å². The molecule has 29 heavy (non-hydrogen) atoms. The Morgan fingerprint density at radius 1 is 1.00 bits per heavy atom. The highest BCUT2D eigenvalue weighted by Crippen LogP contribution is 2.44. The van der Waals surface area contributed by atoms with Gasteiger partial charge in [0.1, 0.15) is 0 Å². The molecule has 0 saturated carbocycles. The summed E-state index contributed by atoms with van der Waals surface area (Å²) in [7, 11) is 1.54. The Hall–Kier alpha value is -3.68. The summed E-state index contributed by atoms with van der Waals surface area (Å²) >= 11 is 0. The monoisotopic (exact) mass is 392 g/mol. The Balaban J connectivity index is 1.73. The Kier molecular flexibility index (Phi) is 4.34. The molecule has 0 aliphatic carbocycles. The van der Waals surface area contributed by atoms with E-state index in [4.69, 9.17) is 0 Å². The number of carbonyl (C=O) groups is 4. The van der Waals surface area contributed by atoms with Crippen LogP contribution in [-0.4, -0.2) is 41.2 Å². The Morgan fingerprint density at radius 3 is 2.41 bits per heavy atom. The number of para-hydroxylation sites is 1. The maximum atomic E-state index is 13.4. The number of amides is 4. The van der Waals surface area contributed by atoms with Gasteiger partial charge < -0.3 is 15.5 Å². The van der Waals surface area contributed by atoms with E-state index >= 15 is 0 Å². The van der Waals surface area contributed by atoms with E-state index in [1.807, 2.05) is 0 Å². The SMILES string of the molecule is CC(=O)Nc1cccc(NC(=O)[C@@]23CCC(=O)N2c2ccccc2C(=O)N3C)c1. The molecule has 4 rings (SSSR count). The highest BCUT2D eigenvalue weighted by molar-refractivity contribution is 6.18. The second-order valence-corrected chi connectivity index (χ2v) is 7.14. The van der Waals surface area contributed by atoms with Crippen LogP contribution in [-0.2, 0) is 14.4 Å². The highest BCUT2D eigenvalue weighted by Gasteiger charge is 2.59. The van der Waals surface area contributed by atoms with Crippen molar-refractivity contribution in [2.45, 2.75) is 25.4 Å². The lowest BCUT2D eigenvalue weighted by Gasteiger charge is -2.47. The second kappa shape index (κ2) is 6.73. The summed E-state index contributed by atoms with van der Waals surface area (Å²) in [5.41, 5.74) is 0.383. The zero-order valence-electron chi connectivity index (χ0n) is 16.1. The summed E-state index contributed by atoms with van der Waals surface area (Å²) < 4.78 is 0. The predicted molar refractivity (Wildman–Crippen MR) is 107 cm³/mol. The van der Waals surface area contributed by atoms with Gasteiger partial charge in [-0.2, -0.15) is 0 Å². The maximum Gasteiger partial charge on any atom is 0.271 e. The average molecular weight is 392 g/mol. The Bertz CT molecular complexity index is 1050. The van der Waals surface area contributed by atoms with Gasteiger partial charge in [-0.3, -0.25) is 24.1 Å². The number of hydrogen-bond donors (Lipinski definition) is 2. The standard InChI is InChI=1S/C21H20N4O4/c1-13(26)22-14-6-5-7-15(12-14)23-20(29)21-11-10-18(27)25(21)17-9-4-3-8-16(17)19(28)24(21)2/h3-9,12H,10-11H2,1-2H3,(H,22,26)(H,23,29)/t21-/m1/s1. The summed E-state index contributed by atoms with van der Waals surface area (Å²) in [6.07, 6.45) is 0.352. The number of nitrogens with one attached hydrogen (secondary N) is 2. The van der Waals surface area contributed by atoms with Crippen LogP contribution in [0.5, 0.6) is 0 Å². The van der Waals surface area contributed by atoms with Gasteiger partial charge in [-0.05, 0) is 30.3 Å². The lowest BCUT2D eigenvalue weighted by molar-refractivity contribution is -0.128. The predicted octanol–water partition coefficient (Wildman–Crippen LogP) is 2.19. The number of nitrogens with zero attached hydrogens (tertiary/aromatic N) is 2. The van der Waals surface area contributed by atoms with Crippen molar-refractivity contribution in [3.05, 3.63) is 54.1 Å². The largest absolute Gasteiger partial charge is 0.326 e. The maximum absolute atomic E-state index is 13.4. The van der Waals surface area contributed by atoms with Gasteiger partial charge in [-0.25, -0.2) is 0 Å². The van der Waals surface area contributed by atoms with Crippen molar-refractivity contribution < 1.29 is 19.2 Å². The summed E-state index contributed by atoms with van der Waals surface area (Å²) in [5, 5.41) is 5.47. The molecular formula is C21H20N4O4. The van der Waals surface area contributed by atoms with Crippen molar-refractivity contribution in [2.24, 2.45) is 0 Å². The molecule has 2 aromatic rings. The molecule has 2 aliphatic rings. The fourth-order valence-electron chi connectivity index (χ4n) is 4.04. The van der Waals surface area contributed by atoms with Crippen LogP contribution in [0.2, 0.25) is 0 Å². The van der Waals surface area contributed by atoms with Gasteiger partial charge in [0, 0.05) is 38.2 Å². The van der Waals surface area contributed by atoms with Crippen LogP contribution in [0, 0.1) is 0 Å². The lowest BCUT2D eigenvalue weighted by Crippen LogP contribution is -2.68. The van der Waals surface area contributed by atoms with Crippen molar-refractivity contribution in [3.63, 3.8) is 0 Å². The summed E-state index contributed by atoms with van der Waals surface area (Å²) in [6, 6.07) is 13.5. The average Bonchev–Trinajstić information content (AvgIpc) is 3.04. The second-order valence-electron chi connectivity index (χ2n) is 7.14. The molecule has 8 heteroatoms. The minimum absolute atomic E-state index is 0.158.